The molecule has 0 saturated heterocycles. The molecule has 1 aliphatic rings. The van der Waals surface area contributed by atoms with Crippen molar-refractivity contribution in [2.75, 3.05) is 18.9 Å². The molecule has 0 aliphatic heterocycles. The van der Waals surface area contributed by atoms with Crippen LogP contribution < -0.4 is 0 Å². The van der Waals surface area contributed by atoms with Gasteiger partial charge in [0.2, 0.25) is 5.91 Å². The molecule has 3 nitrogen and oxygen atoms in total. The highest BCUT2D eigenvalue weighted by atomic mass is 32.2. The van der Waals surface area contributed by atoms with E-state index >= 15 is 0 Å². The van der Waals surface area contributed by atoms with Crippen LogP contribution in [0, 0.1) is 5.82 Å². The second-order valence-electron chi connectivity index (χ2n) is 5.01. The number of nitrogens with zero attached hydrogens (tertiary/aromatic N) is 1. The van der Waals surface area contributed by atoms with E-state index in [1.54, 1.807) is 17.0 Å². The first-order valence-electron chi connectivity index (χ1n) is 6.93. The summed E-state index contributed by atoms with van der Waals surface area (Å²) >= 11 is 1.53. The summed E-state index contributed by atoms with van der Waals surface area (Å²) in [7, 11) is 0. The number of rotatable bonds is 7. The number of benzene rings is 1. The van der Waals surface area contributed by atoms with Crippen molar-refractivity contribution in [1.82, 2.24) is 4.90 Å². The Labute approximate surface area is 123 Å². The lowest BCUT2D eigenvalue weighted by Gasteiger charge is -2.37. The standard InChI is InChI=1S/C15H20FNO2S/c16-13-6-4-12(5-7-13)10-20-11-15(19)17(8-9-18)14-2-1-3-14/h4-7,14,18H,1-3,8-11H2. The molecule has 1 saturated carbocycles. The molecule has 1 aromatic carbocycles. The maximum absolute atomic E-state index is 12.8. The molecule has 1 amide bonds. The smallest absolute Gasteiger partial charge is 0.232 e. The molecule has 0 radical (unpaired) electrons. The summed E-state index contributed by atoms with van der Waals surface area (Å²) in [6, 6.07) is 6.67. The molecule has 0 unspecified atom stereocenters. The predicted molar refractivity (Wildman–Crippen MR) is 79.0 cm³/mol. The molecule has 0 atom stereocenters. The number of hydrogen-bond acceptors (Lipinski definition) is 3. The van der Waals surface area contributed by atoms with Crippen LogP contribution in [-0.2, 0) is 10.5 Å². The normalized spacial score (nSPS) is 14.9. The van der Waals surface area contributed by atoms with Gasteiger partial charge in [0.25, 0.3) is 0 Å². The summed E-state index contributed by atoms with van der Waals surface area (Å²) in [6.45, 7) is 0.450. The zero-order valence-corrected chi connectivity index (χ0v) is 12.2. The molecule has 1 N–H and O–H groups in total. The molecule has 20 heavy (non-hydrogen) atoms. The first kappa shape index (κ1) is 15.3. The van der Waals surface area contributed by atoms with Crippen LogP contribution in [-0.4, -0.2) is 40.9 Å². The Bertz CT molecular complexity index is 434. The minimum atomic E-state index is -0.242. The van der Waals surface area contributed by atoms with E-state index in [0.717, 1.165) is 18.4 Å². The third-order valence-corrected chi connectivity index (χ3v) is 4.57. The van der Waals surface area contributed by atoms with E-state index in [1.807, 2.05) is 0 Å². The Morgan fingerprint density at radius 3 is 2.60 bits per heavy atom. The van der Waals surface area contributed by atoms with Crippen molar-refractivity contribution < 1.29 is 14.3 Å². The number of amides is 1. The van der Waals surface area contributed by atoms with E-state index in [-0.39, 0.29) is 18.3 Å². The molecule has 0 spiro atoms. The highest BCUT2D eigenvalue weighted by molar-refractivity contribution is 7.99. The average Bonchev–Trinajstić information content (AvgIpc) is 2.38. The number of carbonyl (C=O) groups is 1. The molecule has 1 aromatic rings. The Balaban J connectivity index is 1.76. The molecule has 5 heteroatoms. The fourth-order valence-corrected chi connectivity index (χ4v) is 3.11. The van der Waals surface area contributed by atoms with Gasteiger partial charge in [-0.15, -0.1) is 11.8 Å². The third kappa shape index (κ3) is 4.21. The summed E-state index contributed by atoms with van der Waals surface area (Å²) in [5.74, 6) is 0.960. The fraction of sp³-hybridized carbons (Fsp3) is 0.533. The summed E-state index contributed by atoms with van der Waals surface area (Å²) in [5.41, 5.74) is 1.02. The second kappa shape index (κ2) is 7.64. The lowest BCUT2D eigenvalue weighted by Crippen LogP contribution is -2.46. The van der Waals surface area contributed by atoms with Crippen molar-refractivity contribution in [2.24, 2.45) is 0 Å². The number of thioether (sulfide) groups is 1. The van der Waals surface area contributed by atoms with Crippen LogP contribution in [0.4, 0.5) is 4.39 Å². The van der Waals surface area contributed by atoms with Gasteiger partial charge in [0.15, 0.2) is 0 Å². The Hall–Kier alpha value is -1.07. The SMILES string of the molecule is O=C(CSCc1ccc(F)cc1)N(CCO)C1CCC1. The van der Waals surface area contributed by atoms with Crippen molar-refractivity contribution in [2.45, 2.75) is 31.1 Å². The topological polar surface area (TPSA) is 40.5 Å². The van der Waals surface area contributed by atoms with E-state index in [1.165, 1.54) is 30.3 Å². The summed E-state index contributed by atoms with van der Waals surface area (Å²) in [4.78, 5) is 14.0. The van der Waals surface area contributed by atoms with Gasteiger partial charge in [-0.3, -0.25) is 4.79 Å². The molecule has 0 heterocycles. The quantitative estimate of drug-likeness (QED) is 0.840. The van der Waals surface area contributed by atoms with Crippen LogP contribution in [0.5, 0.6) is 0 Å². The van der Waals surface area contributed by atoms with Gasteiger partial charge in [-0.2, -0.15) is 0 Å². The Morgan fingerprint density at radius 2 is 2.05 bits per heavy atom. The van der Waals surface area contributed by atoms with Gasteiger partial charge in [-0.25, -0.2) is 4.39 Å². The Morgan fingerprint density at radius 1 is 1.35 bits per heavy atom. The largest absolute Gasteiger partial charge is 0.395 e. The molecular formula is C15H20FNO2S. The van der Waals surface area contributed by atoms with E-state index in [9.17, 15) is 9.18 Å². The zero-order valence-electron chi connectivity index (χ0n) is 11.4. The number of halogens is 1. The van der Waals surface area contributed by atoms with E-state index < -0.39 is 0 Å². The molecular weight excluding hydrogens is 277 g/mol. The zero-order chi connectivity index (χ0) is 14.4. The number of hydrogen-bond donors (Lipinski definition) is 1. The molecule has 1 aliphatic carbocycles. The van der Waals surface area contributed by atoms with Gasteiger partial charge in [-0.1, -0.05) is 12.1 Å². The van der Waals surface area contributed by atoms with Crippen LogP contribution in [0.3, 0.4) is 0 Å². The average molecular weight is 297 g/mol. The van der Waals surface area contributed by atoms with Crippen LogP contribution in [0.15, 0.2) is 24.3 Å². The summed E-state index contributed by atoms with van der Waals surface area (Å²) < 4.78 is 12.8. The highest BCUT2D eigenvalue weighted by Gasteiger charge is 2.27. The molecule has 1 fully saturated rings. The van der Waals surface area contributed by atoms with Crippen LogP contribution in [0.25, 0.3) is 0 Å². The fourth-order valence-electron chi connectivity index (χ4n) is 2.24. The van der Waals surface area contributed by atoms with Gasteiger partial charge in [0, 0.05) is 18.3 Å². The number of carbonyl (C=O) groups excluding carboxylic acids is 1. The monoisotopic (exact) mass is 297 g/mol. The van der Waals surface area contributed by atoms with Gasteiger partial charge in [0.1, 0.15) is 5.82 Å². The first-order chi connectivity index (χ1) is 9.70. The lowest BCUT2D eigenvalue weighted by molar-refractivity contribution is -0.132. The first-order valence-corrected chi connectivity index (χ1v) is 8.08. The van der Waals surface area contributed by atoms with Crippen LogP contribution >= 0.6 is 11.8 Å². The van der Waals surface area contributed by atoms with Crippen molar-refractivity contribution in [3.63, 3.8) is 0 Å². The van der Waals surface area contributed by atoms with E-state index in [0.29, 0.717) is 24.1 Å². The van der Waals surface area contributed by atoms with Crippen molar-refractivity contribution in [3.8, 4) is 0 Å². The predicted octanol–water partition coefficient (Wildman–Crippen LogP) is 2.43. The maximum Gasteiger partial charge on any atom is 0.232 e. The number of aliphatic hydroxyl groups excluding tert-OH is 1. The van der Waals surface area contributed by atoms with Crippen molar-refractivity contribution in [3.05, 3.63) is 35.6 Å². The van der Waals surface area contributed by atoms with Gasteiger partial charge >= 0.3 is 0 Å². The minimum absolute atomic E-state index is 0.0187. The molecule has 110 valence electrons. The lowest BCUT2D eigenvalue weighted by atomic mass is 9.91. The van der Waals surface area contributed by atoms with Crippen LogP contribution in [0.1, 0.15) is 24.8 Å². The minimum Gasteiger partial charge on any atom is -0.395 e. The van der Waals surface area contributed by atoms with Gasteiger partial charge in [0.05, 0.1) is 12.4 Å². The Kier molecular flexibility index (Phi) is 5.86. The second-order valence-corrected chi connectivity index (χ2v) is 6.00. The van der Waals surface area contributed by atoms with Crippen LogP contribution in [0.2, 0.25) is 0 Å². The maximum atomic E-state index is 12.8. The van der Waals surface area contributed by atoms with Crippen molar-refractivity contribution in [1.29, 1.82) is 0 Å². The highest BCUT2D eigenvalue weighted by Crippen LogP contribution is 2.25. The molecule has 0 bridgehead atoms. The van der Waals surface area contributed by atoms with E-state index in [2.05, 4.69) is 0 Å². The molecule has 0 aromatic heterocycles. The van der Waals surface area contributed by atoms with Crippen molar-refractivity contribution >= 4 is 17.7 Å². The molecule has 2 rings (SSSR count). The summed E-state index contributed by atoms with van der Waals surface area (Å²) in [5, 5.41) is 9.05. The van der Waals surface area contributed by atoms with E-state index in [4.69, 9.17) is 5.11 Å². The van der Waals surface area contributed by atoms with Gasteiger partial charge in [-0.05, 0) is 37.0 Å². The summed E-state index contributed by atoms with van der Waals surface area (Å²) in [6.07, 6.45) is 3.27. The number of aliphatic hydroxyl groups is 1. The van der Waals surface area contributed by atoms with Gasteiger partial charge < -0.3 is 10.0 Å². The third-order valence-electron chi connectivity index (χ3n) is 3.58.